The van der Waals surface area contributed by atoms with Crippen LogP contribution in [0.2, 0.25) is 0 Å². The number of rotatable bonds is 6. The van der Waals surface area contributed by atoms with Gasteiger partial charge in [-0.3, -0.25) is 4.79 Å². The Morgan fingerprint density at radius 2 is 2.00 bits per heavy atom. The minimum absolute atomic E-state index is 0.102. The molecule has 0 aliphatic heterocycles. The number of carbonyl (C=O) groups is 1. The molecule has 0 fully saturated rings. The molecule has 0 aliphatic carbocycles. The average Bonchev–Trinajstić information content (AvgIpc) is 2.43. The highest BCUT2D eigenvalue weighted by Crippen LogP contribution is 2.37. The molecule has 1 amide bonds. The number of thioether (sulfide) groups is 1. The van der Waals surface area contributed by atoms with Crippen LogP contribution in [0.4, 0.5) is 13.2 Å². The highest BCUT2D eigenvalue weighted by Gasteiger charge is 2.32. The van der Waals surface area contributed by atoms with Crippen LogP contribution in [0.1, 0.15) is 37.0 Å². The van der Waals surface area contributed by atoms with Crippen molar-refractivity contribution < 1.29 is 18.0 Å². The van der Waals surface area contributed by atoms with E-state index >= 15 is 0 Å². The van der Waals surface area contributed by atoms with Crippen LogP contribution in [0, 0.1) is 0 Å². The van der Waals surface area contributed by atoms with Gasteiger partial charge in [-0.15, -0.1) is 0 Å². The van der Waals surface area contributed by atoms with Gasteiger partial charge in [0.05, 0.1) is 5.56 Å². The third kappa shape index (κ3) is 5.55. The number of amides is 1. The average molecular weight is 321 g/mol. The van der Waals surface area contributed by atoms with Crippen molar-refractivity contribution in [3.05, 3.63) is 23.9 Å². The lowest BCUT2D eigenvalue weighted by molar-refractivity contribution is -0.0329. The van der Waals surface area contributed by atoms with Gasteiger partial charge in [0.2, 0.25) is 0 Å². The SMILES string of the molecule is CCC(N)(CC)CNC(=O)c1cccnc1SC(F)(F)F. The number of carbonyl (C=O) groups excluding carboxylic acids is 1. The zero-order chi connectivity index (χ0) is 16.1. The molecule has 0 saturated heterocycles. The first-order valence-corrected chi connectivity index (χ1v) is 7.30. The van der Waals surface area contributed by atoms with E-state index in [1.54, 1.807) is 0 Å². The van der Waals surface area contributed by atoms with E-state index in [9.17, 15) is 18.0 Å². The molecule has 8 heteroatoms. The molecular weight excluding hydrogens is 303 g/mol. The predicted octanol–water partition coefficient (Wildman–Crippen LogP) is 2.94. The van der Waals surface area contributed by atoms with Gasteiger partial charge in [-0.2, -0.15) is 13.2 Å². The Morgan fingerprint density at radius 3 is 2.52 bits per heavy atom. The lowest BCUT2D eigenvalue weighted by Gasteiger charge is -2.26. The zero-order valence-electron chi connectivity index (χ0n) is 11.8. The highest BCUT2D eigenvalue weighted by atomic mass is 32.2. The molecule has 21 heavy (non-hydrogen) atoms. The highest BCUT2D eigenvalue weighted by molar-refractivity contribution is 8.00. The van der Waals surface area contributed by atoms with Gasteiger partial charge >= 0.3 is 5.51 Å². The summed E-state index contributed by atoms with van der Waals surface area (Å²) in [6.07, 6.45) is 2.53. The maximum absolute atomic E-state index is 12.4. The van der Waals surface area contributed by atoms with Crippen molar-refractivity contribution in [1.82, 2.24) is 10.3 Å². The summed E-state index contributed by atoms with van der Waals surface area (Å²) in [7, 11) is 0. The molecule has 0 saturated carbocycles. The van der Waals surface area contributed by atoms with Crippen molar-refractivity contribution in [2.24, 2.45) is 5.73 Å². The molecule has 0 bridgehead atoms. The first-order valence-electron chi connectivity index (χ1n) is 6.48. The summed E-state index contributed by atoms with van der Waals surface area (Å²) in [5.41, 5.74) is 0.892. The Balaban J connectivity index is 2.84. The maximum Gasteiger partial charge on any atom is 0.447 e. The largest absolute Gasteiger partial charge is 0.447 e. The van der Waals surface area contributed by atoms with Crippen molar-refractivity contribution in [2.75, 3.05) is 6.54 Å². The van der Waals surface area contributed by atoms with Crippen LogP contribution >= 0.6 is 11.8 Å². The third-order valence-electron chi connectivity index (χ3n) is 3.24. The summed E-state index contributed by atoms with van der Waals surface area (Å²) < 4.78 is 37.3. The fraction of sp³-hybridized carbons (Fsp3) is 0.538. The van der Waals surface area contributed by atoms with Gasteiger partial charge in [0.15, 0.2) is 0 Å². The van der Waals surface area contributed by atoms with Crippen molar-refractivity contribution >= 4 is 17.7 Å². The number of alkyl halides is 3. The molecule has 0 unspecified atom stereocenters. The van der Waals surface area contributed by atoms with Crippen molar-refractivity contribution in [3.8, 4) is 0 Å². The molecule has 4 nitrogen and oxygen atoms in total. The summed E-state index contributed by atoms with van der Waals surface area (Å²) in [5, 5.41) is 2.22. The molecule has 0 aromatic carbocycles. The Labute approximate surface area is 125 Å². The fourth-order valence-corrected chi connectivity index (χ4v) is 2.21. The van der Waals surface area contributed by atoms with E-state index in [0.717, 1.165) is 0 Å². The molecule has 1 heterocycles. The van der Waals surface area contributed by atoms with Crippen molar-refractivity contribution in [1.29, 1.82) is 0 Å². The Kier molecular flexibility index (Phi) is 6.03. The number of hydrogen-bond acceptors (Lipinski definition) is 4. The summed E-state index contributed by atoms with van der Waals surface area (Å²) in [6, 6.07) is 2.73. The van der Waals surface area contributed by atoms with E-state index < -0.39 is 28.7 Å². The molecule has 1 aromatic heterocycles. The second-order valence-electron chi connectivity index (χ2n) is 4.66. The normalized spacial score (nSPS) is 12.3. The number of nitrogens with one attached hydrogen (secondary N) is 1. The van der Waals surface area contributed by atoms with E-state index in [-0.39, 0.29) is 17.1 Å². The van der Waals surface area contributed by atoms with Gasteiger partial charge < -0.3 is 11.1 Å². The molecule has 0 radical (unpaired) electrons. The second-order valence-corrected chi connectivity index (χ2v) is 5.71. The van der Waals surface area contributed by atoms with Crippen molar-refractivity contribution in [3.63, 3.8) is 0 Å². The fourth-order valence-electron chi connectivity index (χ4n) is 1.61. The summed E-state index contributed by atoms with van der Waals surface area (Å²) >= 11 is -0.403. The monoisotopic (exact) mass is 321 g/mol. The molecule has 1 aromatic rings. The summed E-state index contributed by atoms with van der Waals surface area (Å²) in [5.74, 6) is -0.605. The van der Waals surface area contributed by atoms with E-state index in [1.807, 2.05) is 13.8 Å². The minimum Gasteiger partial charge on any atom is -0.350 e. The van der Waals surface area contributed by atoms with Gasteiger partial charge in [-0.1, -0.05) is 13.8 Å². The Hall–Kier alpha value is -1.28. The Bertz CT molecular complexity index is 490. The lowest BCUT2D eigenvalue weighted by atomic mass is 9.94. The topological polar surface area (TPSA) is 68.0 Å². The number of halogens is 3. The number of nitrogens with two attached hydrogens (primary N) is 1. The molecule has 0 atom stereocenters. The molecule has 3 N–H and O–H groups in total. The smallest absolute Gasteiger partial charge is 0.350 e. The number of aromatic nitrogens is 1. The van der Waals surface area contributed by atoms with Crippen LogP contribution in [0.5, 0.6) is 0 Å². The van der Waals surface area contributed by atoms with Crippen LogP contribution in [0.25, 0.3) is 0 Å². The molecular formula is C13H18F3N3OS. The zero-order valence-corrected chi connectivity index (χ0v) is 12.6. The number of nitrogens with zero attached hydrogens (tertiary/aromatic N) is 1. The van der Waals surface area contributed by atoms with Gasteiger partial charge in [0, 0.05) is 30.0 Å². The van der Waals surface area contributed by atoms with Crippen LogP contribution in [-0.2, 0) is 0 Å². The molecule has 0 aliphatic rings. The number of pyridine rings is 1. The van der Waals surface area contributed by atoms with E-state index in [4.69, 9.17) is 5.73 Å². The summed E-state index contributed by atoms with van der Waals surface area (Å²) in [6.45, 7) is 3.99. The van der Waals surface area contributed by atoms with Crippen LogP contribution in [-0.4, -0.2) is 28.5 Å². The maximum atomic E-state index is 12.4. The second kappa shape index (κ2) is 7.13. The van der Waals surface area contributed by atoms with Crippen molar-refractivity contribution in [2.45, 2.75) is 42.8 Å². The quantitative estimate of drug-likeness (QED) is 0.791. The van der Waals surface area contributed by atoms with E-state index in [2.05, 4.69) is 10.3 Å². The van der Waals surface area contributed by atoms with Crippen LogP contribution in [0.15, 0.2) is 23.4 Å². The van der Waals surface area contributed by atoms with Crippen LogP contribution < -0.4 is 11.1 Å². The molecule has 118 valence electrons. The van der Waals surface area contributed by atoms with E-state index in [1.165, 1.54) is 18.3 Å². The lowest BCUT2D eigenvalue weighted by Crippen LogP contribution is -2.49. The molecule has 0 spiro atoms. The van der Waals surface area contributed by atoms with Gasteiger partial charge in [-0.25, -0.2) is 4.98 Å². The van der Waals surface area contributed by atoms with Gasteiger partial charge in [0.25, 0.3) is 5.91 Å². The standard InChI is InChI=1S/C13H18F3N3OS/c1-3-12(17,4-2)8-19-10(20)9-6-5-7-18-11(9)21-13(14,15)16/h5-7H,3-4,8,17H2,1-2H3,(H,19,20). The third-order valence-corrected chi connectivity index (χ3v) is 3.99. The first-order chi connectivity index (χ1) is 9.71. The minimum atomic E-state index is -4.49. The predicted molar refractivity (Wildman–Crippen MR) is 76.0 cm³/mol. The van der Waals surface area contributed by atoms with E-state index in [0.29, 0.717) is 12.8 Å². The summed E-state index contributed by atoms with van der Waals surface area (Å²) in [4.78, 5) is 15.7. The number of hydrogen-bond donors (Lipinski definition) is 2. The molecule has 1 rings (SSSR count). The van der Waals surface area contributed by atoms with Crippen LogP contribution in [0.3, 0.4) is 0 Å². The first kappa shape index (κ1) is 17.8. The van der Waals surface area contributed by atoms with Gasteiger partial charge in [0.1, 0.15) is 5.03 Å². The Morgan fingerprint density at radius 1 is 1.38 bits per heavy atom. The van der Waals surface area contributed by atoms with Gasteiger partial charge in [-0.05, 0) is 25.0 Å².